The van der Waals surface area contributed by atoms with Crippen molar-refractivity contribution in [2.75, 3.05) is 19.6 Å². The van der Waals surface area contributed by atoms with Crippen molar-refractivity contribution in [2.24, 2.45) is 0 Å². The van der Waals surface area contributed by atoms with Gasteiger partial charge in [-0.3, -0.25) is 4.79 Å². The Bertz CT molecular complexity index is 394. The second-order valence-corrected chi connectivity index (χ2v) is 5.66. The Morgan fingerprint density at radius 3 is 2.40 bits per heavy atom. The molecule has 0 aliphatic carbocycles. The van der Waals surface area contributed by atoms with E-state index in [0.717, 1.165) is 25.0 Å². The van der Waals surface area contributed by atoms with Crippen molar-refractivity contribution >= 4 is 6.29 Å². The Morgan fingerprint density at radius 1 is 1.15 bits per heavy atom. The molecule has 1 aromatic carbocycles. The van der Waals surface area contributed by atoms with Gasteiger partial charge in [0.05, 0.1) is 6.10 Å². The molecule has 1 aliphatic rings. The number of aldehydes is 1. The van der Waals surface area contributed by atoms with Crippen LogP contribution >= 0.6 is 0 Å². The number of hydrogen-bond acceptors (Lipinski definition) is 3. The van der Waals surface area contributed by atoms with Crippen LogP contribution in [0, 0.1) is 0 Å². The Balaban J connectivity index is 1.73. The predicted octanol–water partition coefficient (Wildman–Crippen LogP) is 3.53. The fourth-order valence-electron chi connectivity index (χ4n) is 2.64. The van der Waals surface area contributed by atoms with Gasteiger partial charge in [-0.1, -0.05) is 12.8 Å². The van der Waals surface area contributed by atoms with Crippen LogP contribution < -0.4 is 4.74 Å². The van der Waals surface area contributed by atoms with E-state index in [1.165, 1.54) is 38.8 Å². The summed E-state index contributed by atoms with van der Waals surface area (Å²) in [6.45, 7) is 5.71. The summed E-state index contributed by atoms with van der Waals surface area (Å²) in [7, 11) is 0. The van der Waals surface area contributed by atoms with Gasteiger partial charge in [0.1, 0.15) is 12.0 Å². The van der Waals surface area contributed by atoms with Crippen molar-refractivity contribution in [1.82, 2.24) is 4.90 Å². The zero-order valence-electron chi connectivity index (χ0n) is 12.4. The highest BCUT2D eigenvalue weighted by molar-refractivity contribution is 5.74. The average molecular weight is 275 g/mol. The lowest BCUT2D eigenvalue weighted by atomic mass is 10.2. The minimum Gasteiger partial charge on any atom is -0.491 e. The van der Waals surface area contributed by atoms with E-state index in [4.69, 9.17) is 4.74 Å². The highest BCUT2D eigenvalue weighted by Crippen LogP contribution is 2.15. The molecule has 0 bridgehead atoms. The number of nitrogens with zero attached hydrogens (tertiary/aromatic N) is 1. The lowest BCUT2D eigenvalue weighted by Gasteiger charge is -2.22. The smallest absolute Gasteiger partial charge is 0.150 e. The van der Waals surface area contributed by atoms with Crippen molar-refractivity contribution in [1.29, 1.82) is 0 Å². The Kier molecular flexibility index (Phi) is 6.06. The molecule has 0 spiro atoms. The Labute approximate surface area is 121 Å². The van der Waals surface area contributed by atoms with E-state index in [0.29, 0.717) is 5.56 Å². The molecule has 0 N–H and O–H groups in total. The van der Waals surface area contributed by atoms with Gasteiger partial charge in [0.15, 0.2) is 0 Å². The molecule has 110 valence electrons. The molecule has 1 atom stereocenters. The lowest BCUT2D eigenvalue weighted by Crippen LogP contribution is -2.29. The molecule has 3 nitrogen and oxygen atoms in total. The second kappa shape index (κ2) is 8.05. The Morgan fingerprint density at radius 2 is 1.80 bits per heavy atom. The number of likely N-dealkylation sites (tertiary alicyclic amines) is 1. The highest BCUT2D eigenvalue weighted by atomic mass is 16.5. The van der Waals surface area contributed by atoms with E-state index < -0.39 is 0 Å². The van der Waals surface area contributed by atoms with Gasteiger partial charge in [0.25, 0.3) is 0 Å². The molecule has 1 heterocycles. The molecule has 20 heavy (non-hydrogen) atoms. The summed E-state index contributed by atoms with van der Waals surface area (Å²) in [5.74, 6) is 0.846. The SMILES string of the molecule is CC(CCN1CCCCCC1)Oc1ccc(C=O)cc1. The van der Waals surface area contributed by atoms with Crippen molar-refractivity contribution in [3.05, 3.63) is 29.8 Å². The number of benzene rings is 1. The van der Waals surface area contributed by atoms with Crippen LogP contribution in [0.15, 0.2) is 24.3 Å². The maximum Gasteiger partial charge on any atom is 0.150 e. The molecule has 2 rings (SSSR count). The van der Waals surface area contributed by atoms with Gasteiger partial charge in [-0.05, 0) is 63.5 Å². The van der Waals surface area contributed by atoms with Crippen LogP contribution in [0.3, 0.4) is 0 Å². The number of carbonyl (C=O) groups is 1. The van der Waals surface area contributed by atoms with Gasteiger partial charge >= 0.3 is 0 Å². The maximum atomic E-state index is 10.6. The molecule has 1 aromatic rings. The van der Waals surface area contributed by atoms with Crippen LogP contribution in [0.1, 0.15) is 49.4 Å². The molecular weight excluding hydrogens is 250 g/mol. The van der Waals surface area contributed by atoms with E-state index >= 15 is 0 Å². The monoisotopic (exact) mass is 275 g/mol. The van der Waals surface area contributed by atoms with Crippen molar-refractivity contribution < 1.29 is 9.53 Å². The molecule has 0 radical (unpaired) electrons. The van der Waals surface area contributed by atoms with Gasteiger partial charge in [-0.2, -0.15) is 0 Å². The van der Waals surface area contributed by atoms with Crippen LogP contribution in [-0.4, -0.2) is 36.9 Å². The first-order valence-electron chi connectivity index (χ1n) is 7.72. The maximum absolute atomic E-state index is 10.6. The van der Waals surface area contributed by atoms with E-state index in [1.807, 2.05) is 12.1 Å². The minimum atomic E-state index is 0.209. The lowest BCUT2D eigenvalue weighted by molar-refractivity contribution is 0.112. The summed E-state index contributed by atoms with van der Waals surface area (Å²) in [4.78, 5) is 13.2. The largest absolute Gasteiger partial charge is 0.491 e. The molecule has 0 aromatic heterocycles. The molecule has 3 heteroatoms. The van der Waals surface area contributed by atoms with Crippen LogP contribution in [0.25, 0.3) is 0 Å². The first kappa shape index (κ1) is 15.0. The molecule has 1 unspecified atom stereocenters. The number of rotatable bonds is 6. The van der Waals surface area contributed by atoms with Crippen molar-refractivity contribution in [3.8, 4) is 5.75 Å². The molecule has 0 amide bonds. The first-order chi connectivity index (χ1) is 9.78. The predicted molar refractivity (Wildman–Crippen MR) is 81.4 cm³/mol. The fraction of sp³-hybridized carbons (Fsp3) is 0.588. The van der Waals surface area contributed by atoms with Gasteiger partial charge in [0, 0.05) is 12.1 Å². The second-order valence-electron chi connectivity index (χ2n) is 5.66. The molecule has 0 saturated carbocycles. The molecule has 1 aliphatic heterocycles. The summed E-state index contributed by atoms with van der Waals surface area (Å²) < 4.78 is 5.89. The summed E-state index contributed by atoms with van der Waals surface area (Å²) in [6, 6.07) is 7.33. The third-order valence-corrected chi connectivity index (χ3v) is 3.90. The first-order valence-corrected chi connectivity index (χ1v) is 7.72. The zero-order chi connectivity index (χ0) is 14.2. The van der Waals surface area contributed by atoms with Crippen LogP contribution in [0.2, 0.25) is 0 Å². The topological polar surface area (TPSA) is 29.5 Å². The van der Waals surface area contributed by atoms with E-state index in [9.17, 15) is 4.79 Å². The quantitative estimate of drug-likeness (QED) is 0.744. The summed E-state index contributed by atoms with van der Waals surface area (Å²) in [5, 5.41) is 0. The van der Waals surface area contributed by atoms with Gasteiger partial charge in [0.2, 0.25) is 0 Å². The number of ether oxygens (including phenoxy) is 1. The highest BCUT2D eigenvalue weighted by Gasteiger charge is 2.11. The van der Waals surface area contributed by atoms with E-state index in [2.05, 4.69) is 11.8 Å². The van der Waals surface area contributed by atoms with Gasteiger partial charge in [-0.15, -0.1) is 0 Å². The standard InChI is InChI=1S/C17H25NO2/c1-15(10-13-18-11-4-2-3-5-12-18)20-17-8-6-16(14-19)7-9-17/h6-9,14-15H,2-5,10-13H2,1H3. The van der Waals surface area contributed by atoms with Crippen molar-refractivity contribution in [2.45, 2.75) is 45.1 Å². The summed E-state index contributed by atoms with van der Waals surface area (Å²) >= 11 is 0. The third-order valence-electron chi connectivity index (χ3n) is 3.90. The van der Waals surface area contributed by atoms with Gasteiger partial charge < -0.3 is 9.64 Å². The molecule has 1 fully saturated rings. The van der Waals surface area contributed by atoms with Crippen LogP contribution in [-0.2, 0) is 0 Å². The average Bonchev–Trinajstić information content (AvgIpc) is 2.74. The molecule has 1 saturated heterocycles. The molecular formula is C17H25NO2. The minimum absolute atomic E-state index is 0.209. The fourth-order valence-corrected chi connectivity index (χ4v) is 2.64. The third kappa shape index (κ3) is 4.97. The normalized spacial score (nSPS) is 18.2. The zero-order valence-corrected chi connectivity index (χ0v) is 12.4. The number of hydrogen-bond donors (Lipinski definition) is 0. The van der Waals surface area contributed by atoms with E-state index in [-0.39, 0.29) is 6.10 Å². The van der Waals surface area contributed by atoms with Crippen LogP contribution in [0.4, 0.5) is 0 Å². The Hall–Kier alpha value is -1.35. The van der Waals surface area contributed by atoms with Crippen LogP contribution in [0.5, 0.6) is 5.75 Å². The number of carbonyl (C=O) groups excluding carboxylic acids is 1. The van der Waals surface area contributed by atoms with E-state index in [1.54, 1.807) is 12.1 Å². The summed E-state index contributed by atoms with van der Waals surface area (Å²) in [6.07, 6.45) is 7.55. The van der Waals surface area contributed by atoms with Gasteiger partial charge in [-0.25, -0.2) is 0 Å². The van der Waals surface area contributed by atoms with Crippen molar-refractivity contribution in [3.63, 3.8) is 0 Å². The summed E-state index contributed by atoms with van der Waals surface area (Å²) in [5.41, 5.74) is 0.689.